The molecule has 2 aromatic rings. The highest BCUT2D eigenvalue weighted by Gasteiger charge is 2.45. The number of rotatable bonds is 7. The maximum atomic E-state index is 13.1. The number of imide groups is 1. The van der Waals surface area contributed by atoms with Crippen LogP contribution in [0.5, 0.6) is 0 Å². The number of aromatic nitrogens is 2. The van der Waals surface area contributed by atoms with Crippen molar-refractivity contribution >= 4 is 23.4 Å². The Balaban J connectivity index is 1.39. The second-order valence-electron chi connectivity index (χ2n) is 7.60. The number of unbranched alkanes of at least 4 members (excludes halogenated alkanes) is 1. The summed E-state index contributed by atoms with van der Waals surface area (Å²) in [7, 11) is 0. The Morgan fingerprint density at radius 2 is 2.10 bits per heavy atom. The van der Waals surface area contributed by atoms with Crippen molar-refractivity contribution in [3.8, 4) is 12.3 Å². The summed E-state index contributed by atoms with van der Waals surface area (Å²) >= 11 is 0. The number of aliphatic hydroxyl groups is 1. The van der Waals surface area contributed by atoms with Crippen molar-refractivity contribution < 1.29 is 19.5 Å². The van der Waals surface area contributed by atoms with Crippen LogP contribution in [0.15, 0.2) is 30.6 Å². The number of aliphatic hydroxyl groups excluding tert-OH is 1. The second kappa shape index (κ2) is 8.62. The number of nitrogens with zero attached hydrogens (tertiary/aromatic N) is 3. The molecule has 4 rings (SSSR count). The number of carbonyl (C=O) groups is 3. The maximum absolute atomic E-state index is 13.1. The van der Waals surface area contributed by atoms with Gasteiger partial charge in [-0.1, -0.05) is 12.0 Å². The molecule has 9 heteroatoms. The zero-order valence-corrected chi connectivity index (χ0v) is 16.9. The second-order valence-corrected chi connectivity index (χ2v) is 7.60. The molecule has 3 amide bonds. The minimum absolute atomic E-state index is 0.152. The third kappa shape index (κ3) is 4.02. The fourth-order valence-corrected chi connectivity index (χ4v) is 3.97. The Bertz CT molecular complexity index is 1070. The molecule has 31 heavy (non-hydrogen) atoms. The number of anilines is 1. The van der Waals surface area contributed by atoms with Gasteiger partial charge in [-0.2, -0.15) is 5.10 Å². The molecule has 1 aromatic heterocycles. The minimum Gasteiger partial charge on any atom is -0.384 e. The molecule has 1 aromatic carbocycles. The van der Waals surface area contributed by atoms with Gasteiger partial charge in [0, 0.05) is 31.4 Å². The van der Waals surface area contributed by atoms with Crippen molar-refractivity contribution in [1.82, 2.24) is 20.0 Å². The monoisotopic (exact) mass is 421 g/mol. The zero-order valence-electron chi connectivity index (χ0n) is 16.9. The first-order valence-electron chi connectivity index (χ1n) is 10.2. The Morgan fingerprint density at radius 1 is 1.26 bits per heavy atom. The van der Waals surface area contributed by atoms with Crippen LogP contribution in [0, 0.1) is 12.3 Å². The number of hydrogen-bond donors (Lipinski definition) is 3. The molecular formula is C22H23N5O4. The molecule has 2 aliphatic rings. The highest BCUT2D eigenvalue weighted by Crippen LogP contribution is 2.32. The molecule has 2 aliphatic heterocycles. The lowest BCUT2D eigenvalue weighted by atomic mass is 10.0. The van der Waals surface area contributed by atoms with Crippen LogP contribution in [-0.4, -0.2) is 56.3 Å². The predicted octanol–water partition coefficient (Wildman–Crippen LogP) is 0.950. The summed E-state index contributed by atoms with van der Waals surface area (Å²) in [4.78, 5) is 38.5. The van der Waals surface area contributed by atoms with Gasteiger partial charge in [-0.3, -0.25) is 24.0 Å². The van der Waals surface area contributed by atoms with Crippen LogP contribution in [0.1, 0.15) is 52.0 Å². The van der Waals surface area contributed by atoms with E-state index in [9.17, 15) is 19.5 Å². The molecule has 1 saturated heterocycles. The quantitative estimate of drug-likeness (QED) is 0.348. The fourth-order valence-electron chi connectivity index (χ4n) is 3.97. The third-order valence-corrected chi connectivity index (χ3v) is 5.55. The van der Waals surface area contributed by atoms with Crippen LogP contribution in [0.4, 0.5) is 5.69 Å². The Morgan fingerprint density at radius 3 is 2.84 bits per heavy atom. The number of terminal acetylenes is 1. The highest BCUT2D eigenvalue weighted by molar-refractivity contribution is 6.24. The summed E-state index contributed by atoms with van der Waals surface area (Å²) in [6, 6.07) is 4.31. The molecule has 2 unspecified atom stereocenters. The van der Waals surface area contributed by atoms with Gasteiger partial charge in [0.1, 0.15) is 6.23 Å². The van der Waals surface area contributed by atoms with E-state index in [-0.39, 0.29) is 18.7 Å². The van der Waals surface area contributed by atoms with Gasteiger partial charge in [-0.15, -0.1) is 6.42 Å². The number of aryl methyl sites for hydroxylation is 1. The summed E-state index contributed by atoms with van der Waals surface area (Å²) in [5, 5.41) is 20.0. The average Bonchev–Trinajstić information content (AvgIpc) is 3.32. The number of nitrogens with one attached hydrogen (secondary N) is 2. The van der Waals surface area contributed by atoms with Gasteiger partial charge < -0.3 is 15.7 Å². The van der Waals surface area contributed by atoms with E-state index in [1.165, 1.54) is 0 Å². The van der Waals surface area contributed by atoms with E-state index in [1.54, 1.807) is 29.1 Å². The number of fused-ring (bicyclic) bond motifs is 1. The fraction of sp³-hybridized carbons (Fsp3) is 0.364. The number of amides is 3. The molecular weight excluding hydrogens is 398 g/mol. The largest absolute Gasteiger partial charge is 0.384 e. The van der Waals surface area contributed by atoms with Gasteiger partial charge >= 0.3 is 0 Å². The molecule has 0 saturated carbocycles. The van der Waals surface area contributed by atoms with Crippen molar-refractivity contribution in [3.63, 3.8) is 0 Å². The maximum Gasteiger partial charge on any atom is 0.264 e. The third-order valence-electron chi connectivity index (χ3n) is 5.55. The lowest BCUT2D eigenvalue weighted by molar-refractivity contribution is -0.129. The zero-order chi connectivity index (χ0) is 22.0. The van der Waals surface area contributed by atoms with Gasteiger partial charge in [0.2, 0.25) is 5.91 Å². The van der Waals surface area contributed by atoms with Crippen LogP contribution in [0.2, 0.25) is 0 Å². The van der Waals surface area contributed by atoms with Crippen molar-refractivity contribution in [1.29, 1.82) is 0 Å². The molecule has 0 aliphatic carbocycles. The van der Waals surface area contributed by atoms with Crippen LogP contribution in [-0.2, 0) is 11.3 Å². The molecule has 0 radical (unpaired) electrons. The van der Waals surface area contributed by atoms with E-state index >= 15 is 0 Å². The van der Waals surface area contributed by atoms with Crippen molar-refractivity contribution in [2.24, 2.45) is 0 Å². The molecule has 0 spiro atoms. The van der Waals surface area contributed by atoms with Crippen LogP contribution in [0.3, 0.4) is 0 Å². The van der Waals surface area contributed by atoms with Crippen LogP contribution in [0.25, 0.3) is 0 Å². The van der Waals surface area contributed by atoms with E-state index in [1.807, 2.05) is 6.20 Å². The molecule has 3 N–H and O–H groups in total. The standard InChI is InChI=1S/C22H23N5O4/c1-2-14-12-24-26(13-14)11-4-3-10-23-16-7-5-6-15-19(16)22(31)27(21(15)30)17-8-9-18(28)25-20(17)29/h1,5-7,12-13,17,20,23,29H,3-4,8-11H2,(H,25,28). The predicted molar refractivity (Wildman–Crippen MR) is 112 cm³/mol. The lowest BCUT2D eigenvalue weighted by Gasteiger charge is -2.33. The summed E-state index contributed by atoms with van der Waals surface area (Å²) in [5.41, 5.74) is 1.94. The van der Waals surface area contributed by atoms with Crippen molar-refractivity contribution in [2.75, 3.05) is 11.9 Å². The van der Waals surface area contributed by atoms with Gasteiger partial charge in [0.05, 0.1) is 28.9 Å². The topological polar surface area (TPSA) is 117 Å². The summed E-state index contributed by atoms with van der Waals surface area (Å²) in [5.74, 6) is 1.33. The number of carbonyl (C=O) groups excluding carboxylic acids is 3. The molecule has 3 heterocycles. The molecule has 160 valence electrons. The highest BCUT2D eigenvalue weighted by atomic mass is 16.3. The van der Waals surface area contributed by atoms with E-state index in [0.29, 0.717) is 23.4 Å². The first-order valence-corrected chi connectivity index (χ1v) is 10.2. The van der Waals surface area contributed by atoms with Gasteiger partial charge in [-0.25, -0.2) is 0 Å². The van der Waals surface area contributed by atoms with Crippen molar-refractivity contribution in [3.05, 3.63) is 47.3 Å². The normalized spacial score (nSPS) is 20.4. The minimum atomic E-state index is -1.27. The number of hydrogen-bond acceptors (Lipinski definition) is 6. The van der Waals surface area contributed by atoms with Crippen molar-refractivity contribution in [2.45, 2.75) is 44.5 Å². The first-order chi connectivity index (χ1) is 15.0. The summed E-state index contributed by atoms with van der Waals surface area (Å²) in [6.45, 7) is 1.34. The summed E-state index contributed by atoms with van der Waals surface area (Å²) in [6.07, 6.45) is 9.61. The van der Waals surface area contributed by atoms with E-state index in [0.717, 1.165) is 29.8 Å². The van der Waals surface area contributed by atoms with Crippen LogP contribution >= 0.6 is 0 Å². The molecule has 1 fully saturated rings. The average molecular weight is 421 g/mol. The van der Waals surface area contributed by atoms with E-state index in [4.69, 9.17) is 6.42 Å². The first kappa shape index (κ1) is 20.6. The van der Waals surface area contributed by atoms with Crippen LogP contribution < -0.4 is 10.6 Å². The van der Waals surface area contributed by atoms with E-state index in [2.05, 4.69) is 21.7 Å². The molecule has 2 atom stereocenters. The number of piperidine rings is 1. The van der Waals surface area contributed by atoms with Gasteiger partial charge in [0.25, 0.3) is 11.8 Å². The Labute approximate surface area is 179 Å². The molecule has 9 nitrogen and oxygen atoms in total. The van der Waals surface area contributed by atoms with Gasteiger partial charge in [-0.05, 0) is 31.4 Å². The SMILES string of the molecule is C#Cc1cnn(CCCCNc2cccc3c2C(=O)N(C2CCC(=O)NC2O)C3=O)c1. The smallest absolute Gasteiger partial charge is 0.264 e. The Kier molecular flexibility index (Phi) is 5.73. The summed E-state index contributed by atoms with van der Waals surface area (Å²) < 4.78 is 1.80. The number of benzene rings is 1. The molecule has 0 bridgehead atoms. The van der Waals surface area contributed by atoms with Gasteiger partial charge in [0.15, 0.2) is 0 Å². The lowest BCUT2D eigenvalue weighted by Crippen LogP contribution is -2.57. The van der Waals surface area contributed by atoms with E-state index < -0.39 is 24.1 Å². The Hall–Kier alpha value is -3.64.